The summed E-state index contributed by atoms with van der Waals surface area (Å²) in [4.78, 5) is 25.2. The molecule has 3 aromatic rings. The maximum atomic E-state index is 12.7. The third kappa shape index (κ3) is 4.28. The van der Waals surface area contributed by atoms with Gasteiger partial charge in [0, 0.05) is 11.8 Å². The highest BCUT2D eigenvalue weighted by Gasteiger charge is 2.25. The molecule has 8 heteroatoms. The lowest BCUT2D eigenvalue weighted by Gasteiger charge is -2.21. The van der Waals surface area contributed by atoms with Crippen molar-refractivity contribution in [3.8, 4) is 5.75 Å². The van der Waals surface area contributed by atoms with Crippen molar-refractivity contribution in [1.82, 2.24) is 25.2 Å². The van der Waals surface area contributed by atoms with Crippen LogP contribution < -0.4 is 15.4 Å². The van der Waals surface area contributed by atoms with Crippen molar-refractivity contribution in [2.24, 2.45) is 5.92 Å². The molecule has 2 heterocycles. The van der Waals surface area contributed by atoms with Crippen molar-refractivity contribution in [1.29, 1.82) is 0 Å². The van der Waals surface area contributed by atoms with Crippen LogP contribution in [0.3, 0.4) is 0 Å². The van der Waals surface area contributed by atoms with E-state index in [1.165, 1.54) is 0 Å². The van der Waals surface area contributed by atoms with Gasteiger partial charge < -0.3 is 15.4 Å². The van der Waals surface area contributed by atoms with E-state index in [-0.39, 0.29) is 24.3 Å². The van der Waals surface area contributed by atoms with Crippen LogP contribution >= 0.6 is 0 Å². The number of fused-ring (bicyclic) bond motifs is 1. The summed E-state index contributed by atoms with van der Waals surface area (Å²) in [6.07, 6.45) is 1.84. The first kappa shape index (κ1) is 19.3. The number of amides is 2. The Bertz CT molecular complexity index is 965. The molecule has 0 aliphatic heterocycles. The van der Waals surface area contributed by atoms with Crippen LogP contribution in [0.1, 0.15) is 30.0 Å². The molecular weight excluding hydrogens is 358 g/mol. The van der Waals surface area contributed by atoms with E-state index in [9.17, 15) is 9.59 Å². The Hall–Kier alpha value is -3.42. The van der Waals surface area contributed by atoms with Gasteiger partial charge in [-0.15, -0.1) is 10.2 Å². The first-order chi connectivity index (χ1) is 13.5. The van der Waals surface area contributed by atoms with E-state index in [4.69, 9.17) is 4.74 Å². The van der Waals surface area contributed by atoms with Gasteiger partial charge in [0.05, 0.1) is 13.7 Å². The van der Waals surface area contributed by atoms with Gasteiger partial charge in [-0.05, 0) is 42.3 Å². The topological polar surface area (TPSA) is 97.6 Å². The molecule has 28 heavy (non-hydrogen) atoms. The van der Waals surface area contributed by atoms with Crippen LogP contribution in [-0.2, 0) is 11.3 Å². The van der Waals surface area contributed by atoms with Crippen LogP contribution in [0.15, 0.2) is 48.7 Å². The summed E-state index contributed by atoms with van der Waals surface area (Å²) in [5.41, 5.74) is 1.17. The van der Waals surface area contributed by atoms with E-state index in [1.54, 1.807) is 35.8 Å². The fraction of sp³-hybridized carbons (Fsp3) is 0.300. The highest BCUT2D eigenvalue weighted by molar-refractivity contribution is 5.97. The summed E-state index contributed by atoms with van der Waals surface area (Å²) in [7, 11) is 1.56. The molecule has 2 N–H and O–H groups in total. The Balaban J connectivity index is 1.65. The molecule has 3 rings (SSSR count). The molecule has 0 aliphatic carbocycles. The molecule has 0 saturated carbocycles. The zero-order valence-corrected chi connectivity index (χ0v) is 16.0. The smallest absolute Gasteiger partial charge is 0.251 e. The number of hydrogen-bond donors (Lipinski definition) is 2. The standard InChI is InChI=1S/C20H23N5O3/c1-13(2)18(22-19(26)14-7-9-15(28-3)10-8-14)20(27)21-12-17-24-23-16-6-4-5-11-25(16)17/h4-11,13,18H,12H2,1-3H3,(H,21,27)(H,22,26). The molecule has 0 bridgehead atoms. The number of carbonyl (C=O) groups excluding carboxylic acids is 2. The van der Waals surface area contributed by atoms with Gasteiger partial charge in [0.15, 0.2) is 11.5 Å². The first-order valence-electron chi connectivity index (χ1n) is 9.01. The summed E-state index contributed by atoms with van der Waals surface area (Å²) in [5, 5.41) is 13.8. The lowest BCUT2D eigenvalue weighted by Crippen LogP contribution is -2.49. The van der Waals surface area contributed by atoms with Gasteiger partial charge in [0.2, 0.25) is 5.91 Å². The molecule has 8 nitrogen and oxygen atoms in total. The minimum Gasteiger partial charge on any atom is -0.497 e. The molecule has 2 aromatic heterocycles. The predicted molar refractivity (Wildman–Crippen MR) is 104 cm³/mol. The Kier molecular flexibility index (Phi) is 5.88. The van der Waals surface area contributed by atoms with Crippen LogP contribution in [-0.4, -0.2) is 39.6 Å². The van der Waals surface area contributed by atoms with Crippen molar-refractivity contribution in [3.63, 3.8) is 0 Å². The van der Waals surface area contributed by atoms with Crippen LogP contribution in [0.5, 0.6) is 5.75 Å². The third-order valence-electron chi connectivity index (χ3n) is 4.39. The summed E-state index contributed by atoms with van der Waals surface area (Å²) in [5.74, 6) is 0.606. The average Bonchev–Trinajstić information content (AvgIpc) is 3.13. The van der Waals surface area contributed by atoms with Gasteiger partial charge in [-0.25, -0.2) is 0 Å². The van der Waals surface area contributed by atoms with Crippen LogP contribution in [0.2, 0.25) is 0 Å². The molecule has 0 saturated heterocycles. The van der Waals surface area contributed by atoms with E-state index in [2.05, 4.69) is 20.8 Å². The van der Waals surface area contributed by atoms with E-state index >= 15 is 0 Å². The van der Waals surface area contributed by atoms with Gasteiger partial charge >= 0.3 is 0 Å². The van der Waals surface area contributed by atoms with Crippen LogP contribution in [0.25, 0.3) is 5.65 Å². The number of nitrogens with zero attached hydrogens (tertiary/aromatic N) is 3. The number of ether oxygens (including phenoxy) is 1. The second-order valence-electron chi connectivity index (χ2n) is 6.69. The van der Waals surface area contributed by atoms with Crippen molar-refractivity contribution >= 4 is 17.5 Å². The zero-order chi connectivity index (χ0) is 20.1. The quantitative estimate of drug-likeness (QED) is 0.650. The second kappa shape index (κ2) is 8.51. The van der Waals surface area contributed by atoms with E-state index < -0.39 is 6.04 Å². The molecule has 2 amide bonds. The summed E-state index contributed by atoms with van der Waals surface area (Å²) in [6, 6.07) is 11.6. The number of nitrogens with one attached hydrogen (secondary N) is 2. The number of pyridine rings is 1. The van der Waals surface area contributed by atoms with Crippen molar-refractivity contribution in [2.75, 3.05) is 7.11 Å². The minimum atomic E-state index is -0.672. The van der Waals surface area contributed by atoms with Crippen LogP contribution in [0, 0.1) is 5.92 Å². The van der Waals surface area contributed by atoms with E-state index in [1.807, 2.05) is 38.2 Å². The third-order valence-corrected chi connectivity index (χ3v) is 4.39. The molecule has 1 atom stereocenters. The second-order valence-corrected chi connectivity index (χ2v) is 6.69. The maximum absolute atomic E-state index is 12.7. The molecule has 1 aromatic carbocycles. The molecule has 146 valence electrons. The predicted octanol–water partition coefficient (Wildman–Crippen LogP) is 1.81. The fourth-order valence-electron chi connectivity index (χ4n) is 2.79. The number of aromatic nitrogens is 3. The largest absolute Gasteiger partial charge is 0.497 e. The van der Waals surface area contributed by atoms with Crippen molar-refractivity contribution in [2.45, 2.75) is 26.4 Å². The zero-order valence-electron chi connectivity index (χ0n) is 16.0. The molecule has 1 unspecified atom stereocenters. The number of benzene rings is 1. The maximum Gasteiger partial charge on any atom is 0.251 e. The summed E-state index contributed by atoms with van der Waals surface area (Å²) < 4.78 is 6.90. The number of carbonyl (C=O) groups is 2. The SMILES string of the molecule is COc1ccc(C(=O)NC(C(=O)NCc2nnc3ccccn23)C(C)C)cc1. The van der Waals surface area contributed by atoms with Gasteiger partial charge in [-0.1, -0.05) is 19.9 Å². The highest BCUT2D eigenvalue weighted by atomic mass is 16.5. The lowest BCUT2D eigenvalue weighted by atomic mass is 10.0. The van der Waals surface area contributed by atoms with Gasteiger partial charge in [-0.2, -0.15) is 0 Å². The summed E-state index contributed by atoms with van der Waals surface area (Å²) >= 11 is 0. The van der Waals surface area contributed by atoms with E-state index in [0.29, 0.717) is 22.8 Å². The van der Waals surface area contributed by atoms with Crippen LogP contribution in [0.4, 0.5) is 0 Å². The lowest BCUT2D eigenvalue weighted by molar-refractivity contribution is -0.124. The molecule has 0 fully saturated rings. The Morgan fingerprint density at radius 1 is 1.11 bits per heavy atom. The molecule has 0 aliphatic rings. The normalized spacial score (nSPS) is 12.0. The molecule has 0 spiro atoms. The van der Waals surface area contributed by atoms with Crippen molar-refractivity contribution < 1.29 is 14.3 Å². The Labute approximate surface area is 162 Å². The summed E-state index contributed by atoms with van der Waals surface area (Å²) in [6.45, 7) is 3.97. The van der Waals surface area contributed by atoms with Crippen molar-refractivity contribution in [3.05, 3.63) is 60.0 Å². The first-order valence-corrected chi connectivity index (χ1v) is 9.01. The van der Waals surface area contributed by atoms with Gasteiger partial charge in [0.25, 0.3) is 5.91 Å². The fourth-order valence-corrected chi connectivity index (χ4v) is 2.79. The average molecular weight is 381 g/mol. The monoisotopic (exact) mass is 381 g/mol. The Morgan fingerprint density at radius 3 is 2.54 bits per heavy atom. The highest BCUT2D eigenvalue weighted by Crippen LogP contribution is 2.12. The molecule has 0 radical (unpaired) electrons. The Morgan fingerprint density at radius 2 is 1.86 bits per heavy atom. The van der Waals surface area contributed by atoms with Gasteiger partial charge in [0.1, 0.15) is 11.8 Å². The van der Waals surface area contributed by atoms with Gasteiger partial charge in [-0.3, -0.25) is 14.0 Å². The minimum absolute atomic E-state index is 0.0858. The van der Waals surface area contributed by atoms with E-state index in [0.717, 1.165) is 0 Å². The number of methoxy groups -OCH3 is 1. The molecular formula is C20H23N5O3. The number of hydrogen-bond acceptors (Lipinski definition) is 5. The number of rotatable bonds is 7.